The molecular weight excluding hydrogens is 200 g/mol. The Hall–Kier alpha value is -1.07. The summed E-state index contributed by atoms with van der Waals surface area (Å²) in [6, 6.07) is 1.59. The van der Waals surface area contributed by atoms with Gasteiger partial charge in [-0.1, -0.05) is 0 Å². The van der Waals surface area contributed by atoms with Crippen LogP contribution in [0.1, 0.15) is 18.6 Å². The zero-order valence-electron chi connectivity index (χ0n) is 7.99. The largest absolute Gasteiger partial charge is 0.387 e. The maximum atomic E-state index is 11.0. The summed E-state index contributed by atoms with van der Waals surface area (Å²) in [5.74, 6) is 0. The Morgan fingerprint density at radius 1 is 1.64 bits per heavy atom. The molecule has 0 saturated heterocycles. The molecule has 0 fully saturated rings. The van der Waals surface area contributed by atoms with Gasteiger partial charge in [-0.05, 0) is 29.3 Å². The molecule has 0 spiro atoms. The molecule has 0 aliphatic carbocycles. The van der Waals surface area contributed by atoms with E-state index in [1.807, 2.05) is 23.8 Å². The van der Waals surface area contributed by atoms with Crippen LogP contribution >= 0.6 is 11.3 Å². The second-order valence-electron chi connectivity index (χ2n) is 2.81. The fourth-order valence-electron chi connectivity index (χ4n) is 0.995. The van der Waals surface area contributed by atoms with Gasteiger partial charge in [0.15, 0.2) is 0 Å². The Kier molecular flexibility index (Phi) is 4.42. The first-order chi connectivity index (χ1) is 6.74. The molecule has 1 unspecified atom stereocenters. The standard InChI is InChI=1S/C9H14N2O2S/c1-2-10-9(13)11-5-8(12)7-3-4-14-6-7/h3-4,6,8,12H,2,5H2,1H3,(H2,10,11,13). The van der Waals surface area contributed by atoms with Crippen molar-refractivity contribution in [1.82, 2.24) is 10.6 Å². The molecule has 0 aromatic carbocycles. The van der Waals surface area contributed by atoms with Gasteiger partial charge in [0, 0.05) is 13.1 Å². The molecule has 0 aliphatic heterocycles. The highest BCUT2D eigenvalue weighted by molar-refractivity contribution is 7.07. The van der Waals surface area contributed by atoms with Gasteiger partial charge in [0.25, 0.3) is 0 Å². The predicted molar refractivity (Wildman–Crippen MR) is 56.4 cm³/mol. The molecule has 4 nitrogen and oxygen atoms in total. The zero-order chi connectivity index (χ0) is 10.4. The first-order valence-electron chi connectivity index (χ1n) is 4.46. The topological polar surface area (TPSA) is 61.4 Å². The van der Waals surface area contributed by atoms with Crippen LogP contribution in [-0.4, -0.2) is 24.2 Å². The van der Waals surface area contributed by atoms with E-state index in [-0.39, 0.29) is 12.6 Å². The summed E-state index contributed by atoms with van der Waals surface area (Å²) in [5.41, 5.74) is 0.840. The first-order valence-corrected chi connectivity index (χ1v) is 5.40. The lowest BCUT2D eigenvalue weighted by molar-refractivity contribution is 0.173. The van der Waals surface area contributed by atoms with Crippen LogP contribution < -0.4 is 10.6 Å². The lowest BCUT2D eigenvalue weighted by Crippen LogP contribution is -2.37. The number of urea groups is 1. The summed E-state index contributed by atoms with van der Waals surface area (Å²) in [6.45, 7) is 2.66. The highest BCUT2D eigenvalue weighted by Crippen LogP contribution is 2.14. The smallest absolute Gasteiger partial charge is 0.314 e. The highest BCUT2D eigenvalue weighted by Gasteiger charge is 2.08. The van der Waals surface area contributed by atoms with E-state index in [9.17, 15) is 9.90 Å². The van der Waals surface area contributed by atoms with Crippen LogP contribution in [0.2, 0.25) is 0 Å². The third-order valence-electron chi connectivity index (χ3n) is 1.72. The minimum atomic E-state index is -0.621. The van der Waals surface area contributed by atoms with Crippen molar-refractivity contribution in [1.29, 1.82) is 0 Å². The van der Waals surface area contributed by atoms with Crippen LogP contribution in [0.3, 0.4) is 0 Å². The fourth-order valence-corrected chi connectivity index (χ4v) is 1.70. The molecule has 1 aromatic heterocycles. The van der Waals surface area contributed by atoms with Crippen LogP contribution in [0.5, 0.6) is 0 Å². The molecule has 3 N–H and O–H groups in total. The van der Waals surface area contributed by atoms with Crippen molar-refractivity contribution < 1.29 is 9.90 Å². The van der Waals surface area contributed by atoms with Gasteiger partial charge in [0.2, 0.25) is 0 Å². The molecule has 1 atom stereocenters. The molecule has 0 saturated carbocycles. The number of hydrogen-bond donors (Lipinski definition) is 3. The van der Waals surface area contributed by atoms with Gasteiger partial charge in [-0.25, -0.2) is 4.79 Å². The molecule has 1 rings (SSSR count). The maximum absolute atomic E-state index is 11.0. The van der Waals surface area contributed by atoms with Gasteiger partial charge in [-0.3, -0.25) is 0 Å². The van der Waals surface area contributed by atoms with Crippen LogP contribution in [0.15, 0.2) is 16.8 Å². The van der Waals surface area contributed by atoms with Crippen LogP contribution in [0, 0.1) is 0 Å². The van der Waals surface area contributed by atoms with Gasteiger partial charge in [0.05, 0.1) is 6.10 Å². The van der Waals surface area contributed by atoms with E-state index in [0.717, 1.165) is 5.56 Å². The molecule has 0 bridgehead atoms. The number of hydrogen-bond acceptors (Lipinski definition) is 3. The molecule has 78 valence electrons. The average molecular weight is 214 g/mol. The van der Waals surface area contributed by atoms with E-state index in [1.54, 1.807) is 0 Å². The molecule has 5 heteroatoms. The molecule has 1 heterocycles. The Labute approximate surface area is 87.0 Å². The van der Waals surface area contributed by atoms with Crippen molar-refractivity contribution in [2.75, 3.05) is 13.1 Å². The number of amides is 2. The average Bonchev–Trinajstić information content (AvgIpc) is 2.67. The molecule has 0 aliphatic rings. The second kappa shape index (κ2) is 5.62. The van der Waals surface area contributed by atoms with E-state index < -0.39 is 6.10 Å². The maximum Gasteiger partial charge on any atom is 0.314 e. The third-order valence-corrected chi connectivity index (χ3v) is 2.42. The summed E-state index contributed by atoms with van der Waals surface area (Å²) < 4.78 is 0. The number of carbonyl (C=O) groups is 1. The minimum Gasteiger partial charge on any atom is -0.387 e. The van der Waals surface area contributed by atoms with Crippen LogP contribution in [-0.2, 0) is 0 Å². The summed E-state index contributed by atoms with van der Waals surface area (Å²) in [6.07, 6.45) is -0.621. The van der Waals surface area contributed by atoms with Crippen molar-refractivity contribution >= 4 is 17.4 Å². The van der Waals surface area contributed by atoms with Crippen molar-refractivity contribution in [3.63, 3.8) is 0 Å². The Balaban J connectivity index is 2.28. The van der Waals surface area contributed by atoms with Gasteiger partial charge in [0.1, 0.15) is 0 Å². The van der Waals surface area contributed by atoms with Crippen LogP contribution in [0.4, 0.5) is 4.79 Å². The summed E-state index contributed by atoms with van der Waals surface area (Å²) in [4.78, 5) is 11.0. The van der Waals surface area contributed by atoms with Gasteiger partial charge in [-0.15, -0.1) is 0 Å². The van der Waals surface area contributed by atoms with Crippen molar-refractivity contribution in [2.45, 2.75) is 13.0 Å². The van der Waals surface area contributed by atoms with Gasteiger partial charge < -0.3 is 15.7 Å². The third kappa shape index (κ3) is 3.35. The van der Waals surface area contributed by atoms with Crippen molar-refractivity contribution in [3.8, 4) is 0 Å². The normalized spacial score (nSPS) is 12.1. The molecule has 1 aromatic rings. The van der Waals surface area contributed by atoms with E-state index >= 15 is 0 Å². The molecule has 2 amide bonds. The number of rotatable bonds is 4. The number of aliphatic hydroxyl groups is 1. The number of nitrogens with one attached hydrogen (secondary N) is 2. The van der Waals surface area contributed by atoms with Gasteiger partial charge in [-0.2, -0.15) is 11.3 Å². The first kappa shape index (κ1) is 11.0. The minimum absolute atomic E-state index is 0.239. The van der Waals surface area contributed by atoms with E-state index in [0.29, 0.717) is 6.54 Å². The van der Waals surface area contributed by atoms with E-state index in [4.69, 9.17) is 0 Å². The Bertz CT molecular complexity index is 274. The zero-order valence-corrected chi connectivity index (χ0v) is 8.80. The lowest BCUT2D eigenvalue weighted by atomic mass is 10.2. The number of thiophene rings is 1. The molecule has 14 heavy (non-hydrogen) atoms. The summed E-state index contributed by atoms with van der Waals surface area (Å²) in [7, 11) is 0. The van der Waals surface area contributed by atoms with E-state index in [1.165, 1.54) is 11.3 Å². The highest BCUT2D eigenvalue weighted by atomic mass is 32.1. The van der Waals surface area contributed by atoms with Crippen LogP contribution in [0.25, 0.3) is 0 Å². The lowest BCUT2D eigenvalue weighted by Gasteiger charge is -2.10. The summed E-state index contributed by atoms with van der Waals surface area (Å²) in [5, 5.41) is 18.5. The summed E-state index contributed by atoms with van der Waals surface area (Å²) >= 11 is 1.52. The van der Waals surface area contributed by atoms with E-state index in [2.05, 4.69) is 10.6 Å². The molecular formula is C9H14N2O2S. The Morgan fingerprint density at radius 3 is 3.00 bits per heavy atom. The second-order valence-corrected chi connectivity index (χ2v) is 3.59. The van der Waals surface area contributed by atoms with Gasteiger partial charge >= 0.3 is 6.03 Å². The fraction of sp³-hybridized carbons (Fsp3) is 0.444. The monoisotopic (exact) mass is 214 g/mol. The number of carbonyl (C=O) groups excluding carboxylic acids is 1. The number of aliphatic hydroxyl groups excluding tert-OH is 1. The van der Waals surface area contributed by atoms with Crippen molar-refractivity contribution in [3.05, 3.63) is 22.4 Å². The predicted octanol–water partition coefficient (Wildman–Crippen LogP) is 1.10. The quantitative estimate of drug-likeness (QED) is 0.703. The molecule has 0 radical (unpaired) electrons. The van der Waals surface area contributed by atoms with Crippen molar-refractivity contribution in [2.24, 2.45) is 0 Å². The Morgan fingerprint density at radius 2 is 2.43 bits per heavy atom. The SMILES string of the molecule is CCNC(=O)NCC(O)c1ccsc1.